The van der Waals surface area contributed by atoms with E-state index in [4.69, 9.17) is 4.74 Å². The van der Waals surface area contributed by atoms with Gasteiger partial charge < -0.3 is 14.7 Å². The maximum atomic E-state index is 10.9. The zero-order chi connectivity index (χ0) is 16.2. The van der Waals surface area contributed by atoms with E-state index in [0.29, 0.717) is 0 Å². The minimum absolute atomic E-state index is 0.0872. The summed E-state index contributed by atoms with van der Waals surface area (Å²) in [5, 5.41) is 10.9. The fraction of sp³-hybridized carbons (Fsp3) is 0.684. The Morgan fingerprint density at radius 2 is 1.87 bits per heavy atom. The summed E-state index contributed by atoms with van der Waals surface area (Å²) in [4.78, 5) is 4.87. The highest BCUT2D eigenvalue weighted by atomic mass is 16.5. The van der Waals surface area contributed by atoms with E-state index < -0.39 is 6.10 Å². The van der Waals surface area contributed by atoms with E-state index in [-0.39, 0.29) is 12.1 Å². The highest BCUT2D eigenvalue weighted by molar-refractivity contribution is 5.32. The van der Waals surface area contributed by atoms with Crippen LogP contribution in [0, 0.1) is 6.92 Å². The summed E-state index contributed by atoms with van der Waals surface area (Å²) < 4.78 is 6.18. The van der Waals surface area contributed by atoms with Gasteiger partial charge in [-0.05, 0) is 64.4 Å². The number of hydrogen-bond acceptors (Lipinski definition) is 4. The number of rotatable bonds is 3. The molecule has 0 unspecified atom stereocenters. The second-order valence-electron chi connectivity index (χ2n) is 7.10. The lowest BCUT2D eigenvalue weighted by atomic mass is 9.88. The van der Waals surface area contributed by atoms with Crippen molar-refractivity contribution in [2.24, 2.45) is 0 Å². The number of aryl methyl sites for hydroxylation is 1. The summed E-state index contributed by atoms with van der Waals surface area (Å²) >= 11 is 0. The first kappa shape index (κ1) is 16.7. The first-order valence-electron chi connectivity index (χ1n) is 8.98. The molecule has 1 saturated heterocycles. The van der Waals surface area contributed by atoms with Gasteiger partial charge in [0.25, 0.3) is 0 Å². The molecule has 3 atom stereocenters. The van der Waals surface area contributed by atoms with Gasteiger partial charge >= 0.3 is 0 Å². The number of likely N-dealkylation sites (N-methyl/N-ethyl adjacent to an activating group) is 1. The molecule has 4 heteroatoms. The Hall–Kier alpha value is -1.10. The smallest absolute Gasteiger partial charge is 0.126 e. The minimum atomic E-state index is -0.397. The number of hydrogen-bond donors (Lipinski definition) is 1. The van der Waals surface area contributed by atoms with E-state index in [9.17, 15) is 5.11 Å². The molecule has 23 heavy (non-hydrogen) atoms. The van der Waals surface area contributed by atoms with Gasteiger partial charge in [-0.15, -0.1) is 0 Å². The normalized spacial score (nSPS) is 30.8. The molecule has 1 heterocycles. The Balaban J connectivity index is 1.66. The molecule has 0 spiro atoms. The van der Waals surface area contributed by atoms with Gasteiger partial charge in [-0.3, -0.25) is 4.90 Å². The molecule has 3 rings (SSSR count). The number of aliphatic hydroxyl groups is 1. The molecule has 0 bridgehead atoms. The predicted molar refractivity (Wildman–Crippen MR) is 92.9 cm³/mol. The molecular weight excluding hydrogens is 288 g/mol. The van der Waals surface area contributed by atoms with Gasteiger partial charge in [0.15, 0.2) is 0 Å². The second-order valence-corrected chi connectivity index (χ2v) is 7.10. The minimum Gasteiger partial charge on any atom is -0.487 e. The van der Waals surface area contributed by atoms with E-state index in [1.54, 1.807) is 0 Å². The Morgan fingerprint density at radius 1 is 1.04 bits per heavy atom. The number of para-hydroxylation sites is 1. The fourth-order valence-electron chi connectivity index (χ4n) is 3.89. The van der Waals surface area contributed by atoms with Gasteiger partial charge in [-0.2, -0.15) is 0 Å². The summed E-state index contributed by atoms with van der Waals surface area (Å²) in [5.41, 5.74) is 1.14. The molecule has 1 saturated carbocycles. The van der Waals surface area contributed by atoms with Crippen LogP contribution in [0.2, 0.25) is 0 Å². The molecule has 0 aromatic heterocycles. The predicted octanol–water partition coefficient (Wildman–Crippen LogP) is 2.29. The number of aliphatic hydroxyl groups excluding tert-OH is 1. The van der Waals surface area contributed by atoms with Crippen LogP contribution in [0.5, 0.6) is 5.75 Å². The largest absolute Gasteiger partial charge is 0.487 e. The van der Waals surface area contributed by atoms with Crippen LogP contribution in [0.4, 0.5) is 0 Å². The Labute approximate surface area is 140 Å². The number of benzene rings is 1. The van der Waals surface area contributed by atoms with Crippen molar-refractivity contribution in [2.45, 2.75) is 50.9 Å². The summed E-state index contributed by atoms with van der Waals surface area (Å²) in [5.74, 6) is 0.910. The van der Waals surface area contributed by atoms with Crippen LogP contribution in [-0.4, -0.2) is 66.4 Å². The van der Waals surface area contributed by atoms with Gasteiger partial charge in [0.2, 0.25) is 0 Å². The quantitative estimate of drug-likeness (QED) is 0.928. The lowest BCUT2D eigenvalue weighted by Gasteiger charge is -2.41. The first-order valence-corrected chi connectivity index (χ1v) is 8.98. The van der Waals surface area contributed by atoms with Crippen molar-refractivity contribution in [1.82, 2.24) is 9.80 Å². The second kappa shape index (κ2) is 7.65. The molecule has 0 radical (unpaired) electrons. The zero-order valence-corrected chi connectivity index (χ0v) is 14.4. The van der Waals surface area contributed by atoms with Crippen molar-refractivity contribution in [2.75, 3.05) is 33.2 Å². The maximum Gasteiger partial charge on any atom is 0.126 e. The van der Waals surface area contributed by atoms with Crippen LogP contribution < -0.4 is 4.74 Å². The molecule has 1 aliphatic carbocycles. The lowest BCUT2D eigenvalue weighted by molar-refractivity contribution is -0.0526. The van der Waals surface area contributed by atoms with Crippen molar-refractivity contribution in [3.63, 3.8) is 0 Å². The molecule has 1 aliphatic heterocycles. The topological polar surface area (TPSA) is 35.9 Å². The van der Waals surface area contributed by atoms with Crippen LogP contribution in [-0.2, 0) is 0 Å². The van der Waals surface area contributed by atoms with Gasteiger partial charge in [0.1, 0.15) is 18.0 Å². The molecular formula is C19H30N2O2. The van der Waals surface area contributed by atoms with Gasteiger partial charge in [0.05, 0.1) is 0 Å². The number of ether oxygens (including phenoxy) is 1. The van der Waals surface area contributed by atoms with Crippen LogP contribution >= 0.6 is 0 Å². The fourth-order valence-corrected chi connectivity index (χ4v) is 3.89. The summed E-state index contributed by atoms with van der Waals surface area (Å²) in [7, 11) is 2.19. The van der Waals surface area contributed by atoms with Crippen molar-refractivity contribution in [1.29, 1.82) is 0 Å². The SMILES string of the molecule is Cc1ccccc1O[C@@H]1CCC[C@H](N2CCCN(C)CC2)[C@H]1O. The van der Waals surface area contributed by atoms with Gasteiger partial charge in [-0.1, -0.05) is 18.2 Å². The van der Waals surface area contributed by atoms with Crippen molar-refractivity contribution in [3.8, 4) is 5.75 Å². The highest BCUT2D eigenvalue weighted by Crippen LogP contribution is 2.29. The van der Waals surface area contributed by atoms with E-state index in [1.807, 2.05) is 18.2 Å². The van der Waals surface area contributed by atoms with Crippen LogP contribution in [0.1, 0.15) is 31.2 Å². The molecule has 2 fully saturated rings. The molecule has 128 valence electrons. The number of nitrogens with zero attached hydrogens (tertiary/aromatic N) is 2. The summed E-state index contributed by atoms with van der Waals surface area (Å²) in [6, 6.07) is 8.33. The third-order valence-electron chi connectivity index (χ3n) is 5.36. The van der Waals surface area contributed by atoms with Gasteiger partial charge in [-0.25, -0.2) is 0 Å². The zero-order valence-electron chi connectivity index (χ0n) is 14.4. The molecule has 1 N–H and O–H groups in total. The van der Waals surface area contributed by atoms with Crippen LogP contribution in [0.15, 0.2) is 24.3 Å². The van der Waals surface area contributed by atoms with E-state index in [2.05, 4.69) is 29.8 Å². The molecule has 0 amide bonds. The molecule has 4 nitrogen and oxygen atoms in total. The monoisotopic (exact) mass is 318 g/mol. The van der Waals surface area contributed by atoms with E-state index in [0.717, 1.165) is 56.8 Å². The molecule has 1 aromatic carbocycles. The van der Waals surface area contributed by atoms with E-state index in [1.165, 1.54) is 6.42 Å². The molecule has 1 aromatic rings. The average Bonchev–Trinajstić information content (AvgIpc) is 2.76. The van der Waals surface area contributed by atoms with Crippen molar-refractivity contribution in [3.05, 3.63) is 29.8 Å². The molecule has 2 aliphatic rings. The van der Waals surface area contributed by atoms with Crippen LogP contribution in [0.25, 0.3) is 0 Å². The van der Waals surface area contributed by atoms with Crippen molar-refractivity contribution >= 4 is 0 Å². The first-order chi connectivity index (χ1) is 11.1. The van der Waals surface area contributed by atoms with Crippen molar-refractivity contribution < 1.29 is 9.84 Å². The average molecular weight is 318 g/mol. The Morgan fingerprint density at radius 3 is 2.70 bits per heavy atom. The van der Waals surface area contributed by atoms with Gasteiger partial charge in [0, 0.05) is 19.1 Å². The van der Waals surface area contributed by atoms with E-state index >= 15 is 0 Å². The maximum absolute atomic E-state index is 10.9. The third-order valence-corrected chi connectivity index (χ3v) is 5.36. The standard InChI is InChI=1S/C19H30N2O2/c1-15-7-3-4-9-17(15)23-18-10-5-8-16(19(18)22)21-12-6-11-20(2)13-14-21/h3-4,7,9,16,18-19,22H,5-6,8,10-14H2,1-2H3/t16-,18+,19+/m0/s1. The Bertz CT molecular complexity index is 508. The highest BCUT2D eigenvalue weighted by Gasteiger charge is 2.37. The Kier molecular flexibility index (Phi) is 5.57. The summed E-state index contributed by atoms with van der Waals surface area (Å²) in [6.45, 7) is 6.44. The third kappa shape index (κ3) is 4.06. The van der Waals surface area contributed by atoms with Crippen LogP contribution in [0.3, 0.4) is 0 Å². The lowest BCUT2D eigenvalue weighted by Crippen LogP contribution is -2.53. The summed E-state index contributed by atoms with van der Waals surface area (Å²) in [6.07, 6.45) is 3.86.